The molecule has 3 aliphatic heterocycles. The molecule has 4 rings (SSSR count). The summed E-state index contributed by atoms with van der Waals surface area (Å²) in [5, 5.41) is 3.38. The van der Waals surface area contributed by atoms with Crippen LogP contribution in [-0.4, -0.2) is 49.4 Å². The third-order valence-corrected chi connectivity index (χ3v) is 6.02. The second-order valence-electron chi connectivity index (χ2n) is 6.70. The van der Waals surface area contributed by atoms with E-state index in [0.29, 0.717) is 24.8 Å². The van der Waals surface area contributed by atoms with E-state index in [0.717, 1.165) is 36.3 Å². The van der Waals surface area contributed by atoms with E-state index < -0.39 is 5.92 Å². The molecule has 1 N–H and O–H groups in total. The fraction of sp³-hybridized carbons (Fsp3) is 0.529. The SMILES string of the molecule is Cl.O=C(C1CCN(c2ccccc2Br)C1=O)N1C[C@H]2CNC[C@H]2C1. The number of hydrogen-bond acceptors (Lipinski definition) is 3. The van der Waals surface area contributed by atoms with Gasteiger partial charge in [-0.1, -0.05) is 12.1 Å². The van der Waals surface area contributed by atoms with Crippen LogP contribution in [-0.2, 0) is 9.59 Å². The molecule has 24 heavy (non-hydrogen) atoms. The first-order valence-electron chi connectivity index (χ1n) is 8.20. The van der Waals surface area contributed by atoms with Crippen molar-refractivity contribution in [2.24, 2.45) is 17.8 Å². The van der Waals surface area contributed by atoms with Crippen molar-refractivity contribution in [3.63, 3.8) is 0 Å². The average molecular weight is 415 g/mol. The normalized spacial score (nSPS) is 28.9. The van der Waals surface area contributed by atoms with Crippen molar-refractivity contribution < 1.29 is 9.59 Å². The molecule has 0 spiro atoms. The number of rotatable bonds is 2. The van der Waals surface area contributed by atoms with Crippen LogP contribution in [0.3, 0.4) is 0 Å². The van der Waals surface area contributed by atoms with Gasteiger partial charge in [-0.25, -0.2) is 0 Å². The van der Waals surface area contributed by atoms with E-state index in [-0.39, 0.29) is 24.2 Å². The molecule has 0 aliphatic carbocycles. The number of carbonyl (C=O) groups is 2. The number of amides is 2. The molecular weight excluding hydrogens is 394 g/mol. The first-order chi connectivity index (χ1) is 11.1. The lowest BCUT2D eigenvalue weighted by atomic mass is 10.0. The first kappa shape index (κ1) is 17.7. The summed E-state index contributed by atoms with van der Waals surface area (Å²) in [6.07, 6.45) is 0.614. The van der Waals surface area contributed by atoms with E-state index in [9.17, 15) is 9.59 Å². The highest BCUT2D eigenvalue weighted by molar-refractivity contribution is 9.10. The van der Waals surface area contributed by atoms with Crippen molar-refractivity contribution in [2.45, 2.75) is 6.42 Å². The van der Waals surface area contributed by atoms with Crippen molar-refractivity contribution >= 4 is 45.8 Å². The van der Waals surface area contributed by atoms with E-state index in [1.54, 1.807) is 4.90 Å². The van der Waals surface area contributed by atoms with Gasteiger partial charge in [-0.3, -0.25) is 9.59 Å². The maximum Gasteiger partial charge on any atom is 0.239 e. The third kappa shape index (κ3) is 2.95. The first-order valence-corrected chi connectivity index (χ1v) is 9.00. The molecule has 0 radical (unpaired) electrons. The standard InChI is InChI=1S/C17H20BrN3O2.ClH/c18-14-3-1-2-4-15(14)21-6-5-13(17(21)23)16(22)20-9-11-7-19-8-12(11)10-20;/h1-4,11-13,19H,5-10H2;1H/t11-,12+,13?;. The summed E-state index contributed by atoms with van der Waals surface area (Å²) in [5.41, 5.74) is 0.857. The predicted molar refractivity (Wildman–Crippen MR) is 98.3 cm³/mol. The maximum absolute atomic E-state index is 12.8. The number of hydrogen-bond donors (Lipinski definition) is 1. The van der Waals surface area contributed by atoms with Crippen LogP contribution in [0.25, 0.3) is 0 Å². The Labute approximate surface area is 156 Å². The molecule has 130 valence electrons. The minimum Gasteiger partial charge on any atom is -0.341 e. The number of carbonyl (C=O) groups excluding carboxylic acids is 2. The largest absolute Gasteiger partial charge is 0.341 e. The quantitative estimate of drug-likeness (QED) is 0.752. The van der Waals surface area contributed by atoms with Gasteiger partial charge < -0.3 is 15.1 Å². The molecular formula is C17H21BrClN3O2. The molecule has 3 atom stereocenters. The number of likely N-dealkylation sites (tertiary alicyclic amines) is 1. The second kappa shape index (κ2) is 7.02. The summed E-state index contributed by atoms with van der Waals surface area (Å²) >= 11 is 3.49. The zero-order valence-electron chi connectivity index (χ0n) is 13.3. The van der Waals surface area contributed by atoms with E-state index in [1.807, 2.05) is 29.2 Å². The number of para-hydroxylation sites is 1. The molecule has 3 aliphatic rings. The van der Waals surface area contributed by atoms with Crippen molar-refractivity contribution in [3.05, 3.63) is 28.7 Å². The Morgan fingerprint density at radius 3 is 2.50 bits per heavy atom. The minimum absolute atomic E-state index is 0. The number of nitrogens with one attached hydrogen (secondary N) is 1. The summed E-state index contributed by atoms with van der Waals surface area (Å²) in [4.78, 5) is 29.2. The monoisotopic (exact) mass is 413 g/mol. The Morgan fingerprint density at radius 1 is 1.17 bits per heavy atom. The van der Waals surface area contributed by atoms with Crippen molar-refractivity contribution in [2.75, 3.05) is 37.6 Å². The Bertz CT molecular complexity index is 644. The van der Waals surface area contributed by atoms with Crippen LogP contribution in [0, 0.1) is 17.8 Å². The highest BCUT2D eigenvalue weighted by Gasteiger charge is 2.44. The molecule has 3 fully saturated rings. The van der Waals surface area contributed by atoms with E-state index >= 15 is 0 Å². The van der Waals surface area contributed by atoms with Crippen LogP contribution in [0.4, 0.5) is 5.69 Å². The smallest absolute Gasteiger partial charge is 0.239 e. The van der Waals surface area contributed by atoms with Gasteiger partial charge in [-0.15, -0.1) is 12.4 Å². The Hall–Kier alpha value is -1.11. The van der Waals surface area contributed by atoms with Crippen LogP contribution in [0.1, 0.15) is 6.42 Å². The number of nitrogens with zero attached hydrogens (tertiary/aromatic N) is 2. The van der Waals surface area contributed by atoms with Crippen LogP contribution >= 0.6 is 28.3 Å². The van der Waals surface area contributed by atoms with Crippen LogP contribution in [0.15, 0.2) is 28.7 Å². The van der Waals surface area contributed by atoms with E-state index in [1.165, 1.54) is 0 Å². The lowest BCUT2D eigenvalue weighted by molar-refractivity contribution is -0.139. The van der Waals surface area contributed by atoms with E-state index in [2.05, 4.69) is 21.2 Å². The van der Waals surface area contributed by atoms with Gasteiger partial charge in [0, 0.05) is 37.2 Å². The summed E-state index contributed by atoms with van der Waals surface area (Å²) in [7, 11) is 0. The van der Waals surface area contributed by atoms with Gasteiger partial charge >= 0.3 is 0 Å². The highest BCUT2D eigenvalue weighted by Crippen LogP contribution is 2.34. The molecule has 1 aromatic carbocycles. The van der Waals surface area contributed by atoms with Gasteiger partial charge in [-0.2, -0.15) is 0 Å². The molecule has 0 saturated carbocycles. The second-order valence-corrected chi connectivity index (χ2v) is 7.56. The number of anilines is 1. The average Bonchev–Trinajstić information content (AvgIpc) is 3.21. The predicted octanol–water partition coefficient (Wildman–Crippen LogP) is 1.90. The Kier molecular flexibility index (Phi) is 5.18. The maximum atomic E-state index is 12.8. The summed E-state index contributed by atoms with van der Waals surface area (Å²) in [6.45, 7) is 4.21. The molecule has 2 amide bonds. The lowest BCUT2D eigenvalue weighted by Gasteiger charge is -2.22. The molecule has 5 nitrogen and oxygen atoms in total. The van der Waals surface area contributed by atoms with Crippen LogP contribution in [0.5, 0.6) is 0 Å². The fourth-order valence-electron chi connectivity index (χ4n) is 4.07. The fourth-order valence-corrected chi connectivity index (χ4v) is 4.57. The number of halogens is 2. The van der Waals surface area contributed by atoms with Gasteiger partial charge in [0.2, 0.25) is 11.8 Å². The lowest BCUT2D eigenvalue weighted by Crippen LogP contribution is -2.40. The van der Waals surface area contributed by atoms with Gasteiger partial charge in [0.05, 0.1) is 5.69 Å². The Balaban J connectivity index is 0.00000169. The minimum atomic E-state index is -0.506. The number of benzene rings is 1. The zero-order chi connectivity index (χ0) is 16.0. The zero-order valence-corrected chi connectivity index (χ0v) is 15.7. The molecule has 7 heteroatoms. The number of fused-ring (bicyclic) bond motifs is 1. The molecule has 3 saturated heterocycles. The van der Waals surface area contributed by atoms with Gasteiger partial charge in [0.15, 0.2) is 0 Å². The molecule has 1 aromatic rings. The van der Waals surface area contributed by atoms with Crippen molar-refractivity contribution in [1.29, 1.82) is 0 Å². The summed E-state index contributed by atoms with van der Waals surface area (Å²) in [5.74, 6) is 0.592. The van der Waals surface area contributed by atoms with Crippen LogP contribution < -0.4 is 10.2 Å². The van der Waals surface area contributed by atoms with Gasteiger partial charge in [0.1, 0.15) is 5.92 Å². The third-order valence-electron chi connectivity index (χ3n) is 5.35. The summed E-state index contributed by atoms with van der Waals surface area (Å²) in [6, 6.07) is 7.68. The molecule has 3 heterocycles. The van der Waals surface area contributed by atoms with E-state index in [4.69, 9.17) is 0 Å². The Morgan fingerprint density at radius 2 is 1.83 bits per heavy atom. The molecule has 0 aromatic heterocycles. The van der Waals surface area contributed by atoms with Gasteiger partial charge in [-0.05, 0) is 46.3 Å². The molecule has 0 bridgehead atoms. The molecule has 1 unspecified atom stereocenters. The van der Waals surface area contributed by atoms with Crippen molar-refractivity contribution in [3.8, 4) is 0 Å². The van der Waals surface area contributed by atoms with Crippen LogP contribution in [0.2, 0.25) is 0 Å². The summed E-state index contributed by atoms with van der Waals surface area (Å²) < 4.78 is 0.892. The highest BCUT2D eigenvalue weighted by atomic mass is 79.9. The van der Waals surface area contributed by atoms with Crippen molar-refractivity contribution in [1.82, 2.24) is 10.2 Å². The van der Waals surface area contributed by atoms with Gasteiger partial charge in [0.25, 0.3) is 0 Å². The topological polar surface area (TPSA) is 52.7 Å².